The van der Waals surface area contributed by atoms with E-state index in [1.165, 1.54) is 6.08 Å². The minimum absolute atomic E-state index is 0.116. The lowest BCUT2D eigenvalue weighted by atomic mass is 9.97. The molecule has 1 aliphatic rings. The van der Waals surface area contributed by atoms with Gasteiger partial charge in [0.1, 0.15) is 0 Å². The summed E-state index contributed by atoms with van der Waals surface area (Å²) < 4.78 is 0. The van der Waals surface area contributed by atoms with Crippen LogP contribution < -0.4 is 5.32 Å². The van der Waals surface area contributed by atoms with E-state index in [4.69, 9.17) is 11.6 Å². The van der Waals surface area contributed by atoms with E-state index in [0.717, 1.165) is 12.8 Å². The van der Waals surface area contributed by atoms with E-state index < -0.39 is 6.10 Å². The van der Waals surface area contributed by atoms with Gasteiger partial charge in [-0.1, -0.05) is 30.3 Å². The van der Waals surface area contributed by atoms with Crippen molar-refractivity contribution < 1.29 is 14.7 Å². The predicted molar refractivity (Wildman–Crippen MR) is 88.9 cm³/mol. The van der Waals surface area contributed by atoms with Crippen LogP contribution in [0.5, 0.6) is 0 Å². The highest BCUT2D eigenvalue weighted by molar-refractivity contribution is 6.30. The van der Waals surface area contributed by atoms with Crippen LogP contribution in [0.1, 0.15) is 24.5 Å². The highest BCUT2D eigenvalue weighted by atomic mass is 35.5. The van der Waals surface area contributed by atoms with Gasteiger partial charge in [-0.05, 0) is 36.6 Å². The molecule has 6 heteroatoms. The number of carbonyl (C=O) groups excluding carboxylic acids is 2. The van der Waals surface area contributed by atoms with Crippen LogP contribution in [-0.2, 0) is 9.59 Å². The Morgan fingerprint density at radius 3 is 3.00 bits per heavy atom. The van der Waals surface area contributed by atoms with Gasteiger partial charge in [0.15, 0.2) is 0 Å². The standard InChI is InChI=1S/C17H21ClN2O3/c1-2-16(22)20-8-4-6-13(11-20)17(23)19-10-15(21)12-5-3-7-14(18)9-12/h2-3,5,7,9,13,15,21H,1,4,6,8,10-11H2,(H,19,23). The lowest BCUT2D eigenvalue weighted by molar-refractivity contribution is -0.132. The number of halogens is 1. The van der Waals surface area contributed by atoms with Gasteiger partial charge in [-0.3, -0.25) is 9.59 Å². The Kier molecular flexibility index (Phi) is 6.19. The van der Waals surface area contributed by atoms with Crippen LogP contribution >= 0.6 is 11.6 Å². The predicted octanol–water partition coefficient (Wildman–Crippen LogP) is 1.91. The minimum atomic E-state index is -0.813. The smallest absolute Gasteiger partial charge is 0.245 e. The zero-order chi connectivity index (χ0) is 16.8. The Morgan fingerprint density at radius 1 is 1.52 bits per heavy atom. The number of rotatable bonds is 5. The van der Waals surface area contributed by atoms with E-state index in [2.05, 4.69) is 11.9 Å². The summed E-state index contributed by atoms with van der Waals surface area (Å²) in [5.41, 5.74) is 0.657. The van der Waals surface area contributed by atoms with Gasteiger partial charge in [0, 0.05) is 24.7 Å². The zero-order valence-electron chi connectivity index (χ0n) is 12.9. The maximum absolute atomic E-state index is 12.2. The zero-order valence-corrected chi connectivity index (χ0v) is 13.6. The number of benzene rings is 1. The monoisotopic (exact) mass is 336 g/mol. The molecule has 0 spiro atoms. The highest BCUT2D eigenvalue weighted by Crippen LogP contribution is 2.19. The summed E-state index contributed by atoms with van der Waals surface area (Å²) in [7, 11) is 0. The van der Waals surface area contributed by atoms with Crippen molar-refractivity contribution in [3.63, 3.8) is 0 Å². The summed E-state index contributed by atoms with van der Waals surface area (Å²) in [5, 5.41) is 13.4. The lowest BCUT2D eigenvalue weighted by Crippen LogP contribution is -2.45. The number of hydrogen-bond acceptors (Lipinski definition) is 3. The SMILES string of the molecule is C=CC(=O)N1CCCC(C(=O)NCC(O)c2cccc(Cl)c2)C1. The molecule has 1 fully saturated rings. The fourth-order valence-electron chi connectivity index (χ4n) is 2.69. The molecule has 2 amide bonds. The van der Waals surface area contributed by atoms with Crippen molar-refractivity contribution in [2.45, 2.75) is 18.9 Å². The molecule has 1 saturated heterocycles. The van der Waals surface area contributed by atoms with Crippen molar-refractivity contribution in [1.82, 2.24) is 10.2 Å². The van der Waals surface area contributed by atoms with E-state index >= 15 is 0 Å². The summed E-state index contributed by atoms with van der Waals surface area (Å²) in [6.45, 7) is 4.63. The number of aliphatic hydroxyl groups is 1. The third kappa shape index (κ3) is 4.81. The maximum atomic E-state index is 12.2. The van der Waals surface area contributed by atoms with Crippen molar-refractivity contribution in [1.29, 1.82) is 0 Å². The normalized spacial score (nSPS) is 19.0. The molecule has 2 unspecified atom stereocenters. The van der Waals surface area contributed by atoms with E-state index in [-0.39, 0.29) is 24.3 Å². The average molecular weight is 337 g/mol. The van der Waals surface area contributed by atoms with Crippen molar-refractivity contribution in [3.8, 4) is 0 Å². The molecule has 1 aromatic carbocycles. The summed E-state index contributed by atoms with van der Waals surface area (Å²) in [4.78, 5) is 25.5. The van der Waals surface area contributed by atoms with Crippen molar-refractivity contribution in [2.24, 2.45) is 5.92 Å². The number of likely N-dealkylation sites (tertiary alicyclic amines) is 1. The molecule has 0 saturated carbocycles. The highest BCUT2D eigenvalue weighted by Gasteiger charge is 2.27. The molecular weight excluding hydrogens is 316 g/mol. The lowest BCUT2D eigenvalue weighted by Gasteiger charge is -2.31. The first-order chi connectivity index (χ1) is 11.0. The molecule has 1 aliphatic heterocycles. The maximum Gasteiger partial charge on any atom is 0.245 e. The van der Waals surface area contributed by atoms with Gasteiger partial charge in [-0.25, -0.2) is 0 Å². The van der Waals surface area contributed by atoms with Gasteiger partial charge in [-0.2, -0.15) is 0 Å². The van der Waals surface area contributed by atoms with Crippen LogP contribution in [0.15, 0.2) is 36.9 Å². The van der Waals surface area contributed by atoms with Crippen molar-refractivity contribution in [3.05, 3.63) is 47.5 Å². The Hall–Kier alpha value is -1.85. The van der Waals surface area contributed by atoms with E-state index in [0.29, 0.717) is 23.7 Å². The molecule has 1 heterocycles. The minimum Gasteiger partial charge on any atom is -0.387 e. The van der Waals surface area contributed by atoms with Gasteiger partial charge in [-0.15, -0.1) is 0 Å². The van der Waals surface area contributed by atoms with Crippen LogP contribution in [0, 0.1) is 5.92 Å². The summed E-state index contributed by atoms with van der Waals surface area (Å²) in [6, 6.07) is 6.91. The average Bonchev–Trinajstić information content (AvgIpc) is 2.58. The molecule has 2 atom stereocenters. The topological polar surface area (TPSA) is 69.6 Å². The number of carbonyl (C=O) groups is 2. The fraction of sp³-hybridized carbons (Fsp3) is 0.412. The Labute approximate surface area is 140 Å². The fourth-order valence-corrected chi connectivity index (χ4v) is 2.89. The van der Waals surface area contributed by atoms with Gasteiger partial charge in [0.2, 0.25) is 11.8 Å². The van der Waals surface area contributed by atoms with Crippen LogP contribution in [0.2, 0.25) is 5.02 Å². The Bertz CT molecular complexity index is 591. The summed E-state index contributed by atoms with van der Waals surface area (Å²) >= 11 is 5.89. The molecule has 2 rings (SSSR count). The van der Waals surface area contributed by atoms with Gasteiger partial charge >= 0.3 is 0 Å². The Balaban J connectivity index is 1.86. The second-order valence-electron chi connectivity index (χ2n) is 5.64. The van der Waals surface area contributed by atoms with Gasteiger partial charge in [0.25, 0.3) is 0 Å². The van der Waals surface area contributed by atoms with E-state index in [9.17, 15) is 14.7 Å². The molecule has 1 aromatic rings. The largest absolute Gasteiger partial charge is 0.387 e. The number of piperidine rings is 1. The molecule has 0 aromatic heterocycles. The van der Waals surface area contributed by atoms with Crippen LogP contribution in [0.25, 0.3) is 0 Å². The second kappa shape index (κ2) is 8.13. The van der Waals surface area contributed by atoms with Crippen molar-refractivity contribution in [2.75, 3.05) is 19.6 Å². The molecule has 0 aliphatic carbocycles. The number of hydrogen-bond donors (Lipinski definition) is 2. The number of aliphatic hydroxyl groups excluding tert-OH is 1. The summed E-state index contributed by atoms with van der Waals surface area (Å²) in [6.07, 6.45) is 1.98. The third-order valence-electron chi connectivity index (χ3n) is 3.98. The van der Waals surface area contributed by atoms with E-state index in [1.807, 2.05) is 0 Å². The molecule has 124 valence electrons. The Morgan fingerprint density at radius 2 is 2.30 bits per heavy atom. The van der Waals surface area contributed by atoms with Crippen LogP contribution in [0.4, 0.5) is 0 Å². The third-order valence-corrected chi connectivity index (χ3v) is 4.22. The molecule has 0 bridgehead atoms. The molecule has 0 radical (unpaired) electrons. The first-order valence-corrected chi connectivity index (χ1v) is 8.01. The molecule has 23 heavy (non-hydrogen) atoms. The first-order valence-electron chi connectivity index (χ1n) is 7.64. The second-order valence-corrected chi connectivity index (χ2v) is 6.08. The number of amides is 2. The molecule has 2 N–H and O–H groups in total. The number of nitrogens with zero attached hydrogens (tertiary/aromatic N) is 1. The van der Waals surface area contributed by atoms with Crippen LogP contribution in [0.3, 0.4) is 0 Å². The quantitative estimate of drug-likeness (QED) is 0.807. The van der Waals surface area contributed by atoms with E-state index in [1.54, 1.807) is 29.2 Å². The summed E-state index contributed by atoms with van der Waals surface area (Å²) in [5.74, 6) is -0.548. The molecule has 5 nitrogen and oxygen atoms in total. The van der Waals surface area contributed by atoms with Crippen molar-refractivity contribution >= 4 is 23.4 Å². The van der Waals surface area contributed by atoms with Gasteiger partial charge < -0.3 is 15.3 Å². The van der Waals surface area contributed by atoms with Crippen LogP contribution in [-0.4, -0.2) is 41.5 Å². The number of nitrogens with one attached hydrogen (secondary N) is 1. The molecular formula is C17H21ClN2O3. The first kappa shape index (κ1) is 17.5. The van der Waals surface area contributed by atoms with Gasteiger partial charge in [0.05, 0.1) is 12.0 Å².